The van der Waals surface area contributed by atoms with Gasteiger partial charge in [-0.05, 0) is 43.7 Å². The zero-order valence-corrected chi connectivity index (χ0v) is 12.3. The van der Waals surface area contributed by atoms with Crippen LogP contribution in [-0.2, 0) is 11.3 Å². The van der Waals surface area contributed by atoms with Gasteiger partial charge in [0.05, 0.1) is 12.7 Å². The number of halogens is 1. The first-order valence-corrected chi connectivity index (χ1v) is 7.43. The van der Waals surface area contributed by atoms with Gasteiger partial charge in [0, 0.05) is 32.2 Å². The first-order valence-electron chi connectivity index (χ1n) is 7.43. The summed E-state index contributed by atoms with van der Waals surface area (Å²) in [6.45, 7) is 6.79. The third kappa shape index (κ3) is 2.87. The van der Waals surface area contributed by atoms with E-state index in [-0.39, 0.29) is 5.82 Å². The summed E-state index contributed by atoms with van der Waals surface area (Å²) in [4.78, 5) is 4.83. The van der Waals surface area contributed by atoms with Crippen LogP contribution in [-0.4, -0.2) is 55.2 Å². The van der Waals surface area contributed by atoms with E-state index in [0.717, 1.165) is 44.8 Å². The van der Waals surface area contributed by atoms with Gasteiger partial charge in [0.15, 0.2) is 0 Å². The molecule has 110 valence electrons. The summed E-state index contributed by atoms with van der Waals surface area (Å²) >= 11 is 0. The Kier molecular flexibility index (Phi) is 4.06. The predicted molar refractivity (Wildman–Crippen MR) is 77.2 cm³/mol. The van der Waals surface area contributed by atoms with Gasteiger partial charge in [-0.25, -0.2) is 4.39 Å². The minimum Gasteiger partial charge on any atom is -0.375 e. The molecule has 1 aromatic rings. The lowest BCUT2D eigenvalue weighted by Gasteiger charge is -2.45. The monoisotopic (exact) mass is 278 g/mol. The van der Waals surface area contributed by atoms with Gasteiger partial charge in [0.2, 0.25) is 0 Å². The Morgan fingerprint density at radius 2 is 2.20 bits per heavy atom. The lowest BCUT2D eigenvalue weighted by Crippen LogP contribution is -2.58. The molecule has 20 heavy (non-hydrogen) atoms. The second kappa shape index (κ2) is 5.80. The minimum atomic E-state index is -0.140. The first-order chi connectivity index (χ1) is 9.63. The number of aryl methyl sites for hydroxylation is 1. The van der Waals surface area contributed by atoms with Crippen molar-refractivity contribution in [1.82, 2.24) is 9.80 Å². The second-order valence-corrected chi connectivity index (χ2v) is 6.05. The third-order valence-electron chi connectivity index (χ3n) is 4.65. The normalized spacial score (nSPS) is 28.4. The summed E-state index contributed by atoms with van der Waals surface area (Å²) in [5, 5.41) is 0. The molecule has 0 bridgehead atoms. The molecule has 2 atom stereocenters. The van der Waals surface area contributed by atoms with E-state index in [1.807, 2.05) is 6.07 Å². The number of rotatable bonds is 2. The van der Waals surface area contributed by atoms with Crippen LogP contribution in [0.5, 0.6) is 0 Å². The molecular weight excluding hydrogens is 255 g/mol. The van der Waals surface area contributed by atoms with E-state index in [1.54, 1.807) is 6.07 Å². The Hall–Kier alpha value is -0.970. The van der Waals surface area contributed by atoms with Crippen LogP contribution in [0.4, 0.5) is 4.39 Å². The summed E-state index contributed by atoms with van der Waals surface area (Å²) in [6.07, 6.45) is 1.45. The zero-order chi connectivity index (χ0) is 14.1. The topological polar surface area (TPSA) is 15.7 Å². The molecule has 0 aromatic heterocycles. The lowest BCUT2D eigenvalue weighted by molar-refractivity contribution is -0.0957. The van der Waals surface area contributed by atoms with Crippen LogP contribution in [0.25, 0.3) is 0 Å². The highest BCUT2D eigenvalue weighted by molar-refractivity contribution is 5.26. The fourth-order valence-electron chi connectivity index (χ4n) is 3.30. The van der Waals surface area contributed by atoms with Gasteiger partial charge in [-0.1, -0.05) is 6.07 Å². The first kappa shape index (κ1) is 14.0. The minimum absolute atomic E-state index is 0.140. The van der Waals surface area contributed by atoms with Crippen LogP contribution in [0.15, 0.2) is 18.2 Å². The molecule has 2 aliphatic heterocycles. The summed E-state index contributed by atoms with van der Waals surface area (Å²) in [7, 11) is 2.18. The van der Waals surface area contributed by atoms with Gasteiger partial charge in [-0.3, -0.25) is 9.80 Å². The van der Waals surface area contributed by atoms with Crippen LogP contribution in [0, 0.1) is 12.7 Å². The largest absolute Gasteiger partial charge is 0.375 e. The summed E-state index contributed by atoms with van der Waals surface area (Å²) in [6, 6.07) is 5.55. The van der Waals surface area contributed by atoms with Crippen molar-refractivity contribution in [3.05, 3.63) is 35.1 Å². The molecule has 0 N–H and O–H groups in total. The number of hydrogen-bond acceptors (Lipinski definition) is 3. The highest BCUT2D eigenvalue weighted by Crippen LogP contribution is 2.24. The Morgan fingerprint density at radius 1 is 1.35 bits per heavy atom. The molecule has 1 aromatic carbocycles. The maximum absolute atomic E-state index is 13.4. The van der Waals surface area contributed by atoms with Crippen LogP contribution >= 0.6 is 0 Å². The van der Waals surface area contributed by atoms with E-state index >= 15 is 0 Å². The number of ether oxygens (including phenoxy) is 1. The fraction of sp³-hybridized carbons (Fsp3) is 0.625. The molecule has 0 radical (unpaired) electrons. The van der Waals surface area contributed by atoms with Crippen molar-refractivity contribution in [3.8, 4) is 0 Å². The predicted octanol–water partition coefficient (Wildman–Crippen LogP) is 2.04. The Labute approximate surface area is 120 Å². The SMILES string of the molecule is Cc1ccc(F)cc1CN1CC[C@@H]2OCCN(C)[C@H]2C1. The lowest BCUT2D eigenvalue weighted by atomic mass is 9.98. The van der Waals surface area contributed by atoms with Gasteiger partial charge in [0.25, 0.3) is 0 Å². The van der Waals surface area contributed by atoms with E-state index in [2.05, 4.69) is 23.8 Å². The molecule has 3 rings (SSSR count). The van der Waals surface area contributed by atoms with Crippen molar-refractivity contribution in [2.24, 2.45) is 0 Å². The molecule has 4 heteroatoms. The highest BCUT2D eigenvalue weighted by atomic mass is 19.1. The molecule has 2 heterocycles. The van der Waals surface area contributed by atoms with Crippen LogP contribution in [0.2, 0.25) is 0 Å². The molecule has 0 spiro atoms. The fourth-order valence-corrected chi connectivity index (χ4v) is 3.30. The van der Waals surface area contributed by atoms with Crippen molar-refractivity contribution in [3.63, 3.8) is 0 Å². The number of nitrogens with zero attached hydrogens (tertiary/aromatic N) is 2. The van der Waals surface area contributed by atoms with E-state index < -0.39 is 0 Å². The number of piperidine rings is 1. The van der Waals surface area contributed by atoms with E-state index in [4.69, 9.17) is 4.74 Å². The van der Waals surface area contributed by atoms with Gasteiger partial charge < -0.3 is 4.74 Å². The van der Waals surface area contributed by atoms with Crippen LogP contribution < -0.4 is 0 Å². The van der Waals surface area contributed by atoms with Gasteiger partial charge in [-0.2, -0.15) is 0 Å². The Balaban J connectivity index is 1.68. The molecular formula is C16H23FN2O. The number of hydrogen-bond donors (Lipinski definition) is 0. The highest BCUT2D eigenvalue weighted by Gasteiger charge is 2.35. The Morgan fingerprint density at radius 3 is 3.05 bits per heavy atom. The van der Waals surface area contributed by atoms with Crippen LogP contribution in [0.3, 0.4) is 0 Å². The molecule has 0 unspecified atom stereocenters. The summed E-state index contributed by atoms with van der Waals surface area (Å²) in [5.74, 6) is -0.140. The number of likely N-dealkylation sites (tertiary alicyclic amines) is 1. The van der Waals surface area contributed by atoms with Crippen molar-refractivity contribution in [1.29, 1.82) is 0 Å². The molecule has 0 aliphatic carbocycles. The van der Waals surface area contributed by atoms with Gasteiger partial charge >= 0.3 is 0 Å². The van der Waals surface area contributed by atoms with Gasteiger partial charge in [-0.15, -0.1) is 0 Å². The molecule has 0 saturated carbocycles. The van der Waals surface area contributed by atoms with Crippen LogP contribution in [0.1, 0.15) is 17.5 Å². The van der Waals surface area contributed by atoms with E-state index in [1.165, 1.54) is 11.6 Å². The second-order valence-electron chi connectivity index (χ2n) is 6.05. The van der Waals surface area contributed by atoms with Crippen molar-refractivity contribution < 1.29 is 9.13 Å². The standard InChI is InChI=1S/C16H23FN2O/c1-12-3-4-14(17)9-13(12)10-19-6-5-16-15(11-19)18(2)7-8-20-16/h3-4,9,15-16H,5-8,10-11H2,1-2H3/t15-,16-/m0/s1. The zero-order valence-electron chi connectivity index (χ0n) is 12.3. The number of benzene rings is 1. The maximum Gasteiger partial charge on any atom is 0.123 e. The average Bonchev–Trinajstić information content (AvgIpc) is 2.44. The quantitative estimate of drug-likeness (QED) is 0.823. The van der Waals surface area contributed by atoms with Gasteiger partial charge in [0.1, 0.15) is 5.82 Å². The summed E-state index contributed by atoms with van der Waals surface area (Å²) in [5.41, 5.74) is 2.27. The molecule has 3 nitrogen and oxygen atoms in total. The van der Waals surface area contributed by atoms with Crippen molar-refractivity contribution in [2.45, 2.75) is 32.0 Å². The van der Waals surface area contributed by atoms with Crippen molar-refractivity contribution >= 4 is 0 Å². The smallest absolute Gasteiger partial charge is 0.123 e. The number of likely N-dealkylation sites (N-methyl/N-ethyl adjacent to an activating group) is 1. The maximum atomic E-state index is 13.4. The van der Waals surface area contributed by atoms with E-state index in [0.29, 0.717) is 12.1 Å². The molecule has 2 aliphatic rings. The average molecular weight is 278 g/mol. The number of morpholine rings is 1. The Bertz CT molecular complexity index is 480. The van der Waals surface area contributed by atoms with E-state index in [9.17, 15) is 4.39 Å². The summed E-state index contributed by atoms with van der Waals surface area (Å²) < 4.78 is 19.3. The van der Waals surface area contributed by atoms with Crippen molar-refractivity contribution in [2.75, 3.05) is 33.3 Å². The number of fused-ring (bicyclic) bond motifs is 1. The third-order valence-corrected chi connectivity index (χ3v) is 4.65. The molecule has 0 amide bonds. The molecule has 2 saturated heterocycles. The molecule has 2 fully saturated rings.